The molecule has 2 N–H and O–H groups in total. The van der Waals surface area contributed by atoms with Gasteiger partial charge < -0.3 is 10.4 Å². The van der Waals surface area contributed by atoms with Gasteiger partial charge in [0.25, 0.3) is 0 Å². The number of rotatable bonds is 3. The first-order valence-electron chi connectivity index (χ1n) is 8.18. The van der Waals surface area contributed by atoms with E-state index in [1.807, 2.05) is 49.4 Å². The minimum Gasteiger partial charge on any atom is -0.508 e. The van der Waals surface area contributed by atoms with Crippen LogP contribution in [-0.2, 0) is 0 Å². The Balaban J connectivity index is 1.77. The number of benzene rings is 3. The molecule has 0 aliphatic heterocycles. The molecule has 4 aromatic rings. The van der Waals surface area contributed by atoms with Gasteiger partial charge in [-0.2, -0.15) is 0 Å². The van der Waals surface area contributed by atoms with E-state index in [1.165, 1.54) is 0 Å². The molecule has 3 aromatic carbocycles. The quantitative estimate of drug-likeness (QED) is 0.491. The number of hydrogen-bond acceptors (Lipinski definition) is 4. The summed E-state index contributed by atoms with van der Waals surface area (Å²) in [5.41, 5.74) is 4.52. The highest BCUT2D eigenvalue weighted by atomic mass is 35.5. The molecule has 0 unspecified atom stereocenters. The van der Waals surface area contributed by atoms with E-state index in [1.54, 1.807) is 24.4 Å². The van der Waals surface area contributed by atoms with Gasteiger partial charge in [-0.25, -0.2) is 9.97 Å². The molecule has 128 valence electrons. The van der Waals surface area contributed by atoms with Crippen molar-refractivity contribution in [2.45, 2.75) is 6.92 Å². The summed E-state index contributed by atoms with van der Waals surface area (Å²) in [4.78, 5) is 9.05. The summed E-state index contributed by atoms with van der Waals surface area (Å²) in [6.07, 6.45) is 1.79. The van der Waals surface area contributed by atoms with Crippen LogP contribution in [0.5, 0.6) is 5.75 Å². The standard InChI is InChI=1S/C21H16ClN3O/c1-13-9-14(18-11-17(26)7-8-19(18)22)10-15-12-23-21(25-20(13)15)24-16-5-3-2-4-6-16/h2-12,26H,1H3,(H,23,24,25). The summed E-state index contributed by atoms with van der Waals surface area (Å²) in [5.74, 6) is 0.732. The highest BCUT2D eigenvalue weighted by Crippen LogP contribution is 2.34. The molecule has 0 aliphatic rings. The molecule has 4 nitrogen and oxygen atoms in total. The summed E-state index contributed by atoms with van der Waals surface area (Å²) < 4.78 is 0. The Bertz CT molecular complexity index is 1100. The maximum absolute atomic E-state index is 9.77. The van der Waals surface area contributed by atoms with Gasteiger partial charge in [-0.15, -0.1) is 0 Å². The Morgan fingerprint density at radius 1 is 1.00 bits per heavy atom. The van der Waals surface area contributed by atoms with Gasteiger partial charge in [0.15, 0.2) is 0 Å². The number of phenols is 1. The predicted octanol–water partition coefficient (Wildman–Crippen LogP) is 5.71. The summed E-state index contributed by atoms with van der Waals surface area (Å²) in [6.45, 7) is 2.00. The molecule has 0 fully saturated rings. The van der Waals surface area contributed by atoms with Crippen LogP contribution in [0.15, 0.2) is 66.9 Å². The van der Waals surface area contributed by atoms with E-state index >= 15 is 0 Å². The molecule has 1 aromatic heterocycles. The first-order valence-corrected chi connectivity index (χ1v) is 8.56. The number of aryl methyl sites for hydroxylation is 1. The zero-order chi connectivity index (χ0) is 18.1. The van der Waals surface area contributed by atoms with E-state index in [0.29, 0.717) is 11.0 Å². The largest absolute Gasteiger partial charge is 0.508 e. The number of nitrogens with zero attached hydrogens (tertiary/aromatic N) is 2. The normalized spacial score (nSPS) is 10.8. The molecule has 0 amide bonds. The maximum Gasteiger partial charge on any atom is 0.227 e. The van der Waals surface area contributed by atoms with Gasteiger partial charge in [0.05, 0.1) is 5.52 Å². The first-order chi connectivity index (χ1) is 12.6. The van der Waals surface area contributed by atoms with Crippen LogP contribution in [0.4, 0.5) is 11.6 Å². The van der Waals surface area contributed by atoms with Crippen molar-refractivity contribution in [2.75, 3.05) is 5.32 Å². The van der Waals surface area contributed by atoms with Crippen LogP contribution in [-0.4, -0.2) is 15.1 Å². The third-order valence-corrected chi connectivity index (χ3v) is 4.49. The van der Waals surface area contributed by atoms with E-state index in [0.717, 1.165) is 33.3 Å². The number of halogens is 1. The maximum atomic E-state index is 9.77. The lowest BCUT2D eigenvalue weighted by Crippen LogP contribution is -1.98. The molecule has 0 saturated heterocycles. The van der Waals surface area contributed by atoms with E-state index in [4.69, 9.17) is 11.6 Å². The van der Waals surface area contributed by atoms with Crippen molar-refractivity contribution >= 4 is 34.1 Å². The number of phenolic OH excluding ortho intramolecular Hbond substituents is 1. The minimum atomic E-state index is 0.181. The molecule has 0 aliphatic carbocycles. The second-order valence-corrected chi connectivity index (χ2v) is 6.49. The van der Waals surface area contributed by atoms with Crippen molar-refractivity contribution < 1.29 is 5.11 Å². The zero-order valence-corrected chi connectivity index (χ0v) is 14.8. The Hall–Kier alpha value is -3.11. The molecule has 1 heterocycles. The Morgan fingerprint density at radius 2 is 1.81 bits per heavy atom. The van der Waals surface area contributed by atoms with Crippen LogP contribution in [0, 0.1) is 6.92 Å². The SMILES string of the molecule is Cc1cc(-c2cc(O)ccc2Cl)cc2cnc(Nc3ccccc3)nc12. The first kappa shape index (κ1) is 16.4. The van der Waals surface area contributed by atoms with Crippen LogP contribution < -0.4 is 5.32 Å². The number of fused-ring (bicyclic) bond motifs is 1. The van der Waals surface area contributed by atoms with Gasteiger partial charge in [0.2, 0.25) is 5.95 Å². The Morgan fingerprint density at radius 3 is 2.62 bits per heavy atom. The molecule has 0 bridgehead atoms. The van der Waals surface area contributed by atoms with Crippen molar-refractivity contribution in [1.29, 1.82) is 0 Å². The van der Waals surface area contributed by atoms with E-state index in [2.05, 4.69) is 15.3 Å². The van der Waals surface area contributed by atoms with E-state index in [-0.39, 0.29) is 5.75 Å². The van der Waals surface area contributed by atoms with Gasteiger partial charge in [-0.3, -0.25) is 0 Å². The average molecular weight is 362 g/mol. The Kier molecular flexibility index (Phi) is 4.19. The van der Waals surface area contributed by atoms with Crippen LogP contribution >= 0.6 is 11.6 Å². The number of anilines is 2. The average Bonchev–Trinajstić information content (AvgIpc) is 2.65. The molecular weight excluding hydrogens is 346 g/mol. The molecule has 4 rings (SSSR count). The van der Waals surface area contributed by atoms with Gasteiger partial charge in [0, 0.05) is 27.9 Å². The number of hydrogen-bond donors (Lipinski definition) is 2. The lowest BCUT2D eigenvalue weighted by atomic mass is 10.0. The third-order valence-electron chi connectivity index (χ3n) is 4.16. The van der Waals surface area contributed by atoms with Crippen molar-refractivity contribution in [1.82, 2.24) is 9.97 Å². The fourth-order valence-electron chi connectivity index (χ4n) is 2.92. The van der Waals surface area contributed by atoms with Gasteiger partial charge in [0.1, 0.15) is 5.75 Å². The third kappa shape index (κ3) is 3.19. The van der Waals surface area contributed by atoms with Gasteiger partial charge in [-0.05, 0) is 60.5 Å². The number of aromatic hydroxyl groups is 1. The summed E-state index contributed by atoms with van der Waals surface area (Å²) in [6, 6.07) is 18.7. The van der Waals surface area contributed by atoms with Crippen molar-refractivity contribution in [3.8, 4) is 16.9 Å². The molecule has 0 spiro atoms. The van der Waals surface area contributed by atoms with E-state index in [9.17, 15) is 5.11 Å². The van der Waals surface area contributed by atoms with Crippen LogP contribution in [0.2, 0.25) is 5.02 Å². The predicted molar refractivity (Wildman–Crippen MR) is 106 cm³/mol. The van der Waals surface area contributed by atoms with Crippen LogP contribution in [0.3, 0.4) is 0 Å². The second kappa shape index (κ2) is 6.65. The highest BCUT2D eigenvalue weighted by molar-refractivity contribution is 6.33. The molecule has 0 atom stereocenters. The number of nitrogens with one attached hydrogen (secondary N) is 1. The number of para-hydroxylation sites is 1. The number of aromatic nitrogens is 2. The topological polar surface area (TPSA) is 58.0 Å². The summed E-state index contributed by atoms with van der Waals surface area (Å²) in [5, 5.41) is 14.5. The fourth-order valence-corrected chi connectivity index (χ4v) is 3.15. The molecular formula is C21H16ClN3O. The molecule has 0 radical (unpaired) electrons. The molecule has 26 heavy (non-hydrogen) atoms. The van der Waals surface area contributed by atoms with E-state index < -0.39 is 0 Å². The summed E-state index contributed by atoms with van der Waals surface area (Å²) >= 11 is 6.30. The fraction of sp³-hybridized carbons (Fsp3) is 0.0476. The van der Waals surface area contributed by atoms with Gasteiger partial charge >= 0.3 is 0 Å². The lowest BCUT2D eigenvalue weighted by molar-refractivity contribution is 0.475. The minimum absolute atomic E-state index is 0.181. The monoisotopic (exact) mass is 361 g/mol. The van der Waals surface area contributed by atoms with Crippen molar-refractivity contribution in [3.63, 3.8) is 0 Å². The highest BCUT2D eigenvalue weighted by Gasteiger charge is 2.10. The lowest BCUT2D eigenvalue weighted by Gasteiger charge is -2.11. The van der Waals surface area contributed by atoms with Crippen molar-refractivity contribution in [2.24, 2.45) is 0 Å². The summed E-state index contributed by atoms with van der Waals surface area (Å²) in [7, 11) is 0. The molecule has 5 heteroatoms. The van der Waals surface area contributed by atoms with Crippen LogP contribution in [0.1, 0.15) is 5.56 Å². The van der Waals surface area contributed by atoms with Crippen LogP contribution in [0.25, 0.3) is 22.0 Å². The smallest absolute Gasteiger partial charge is 0.227 e. The van der Waals surface area contributed by atoms with Crippen molar-refractivity contribution in [3.05, 3.63) is 77.4 Å². The Labute approximate surface area is 156 Å². The molecule has 0 saturated carbocycles. The zero-order valence-electron chi connectivity index (χ0n) is 14.1. The van der Waals surface area contributed by atoms with Gasteiger partial charge in [-0.1, -0.05) is 29.8 Å². The second-order valence-electron chi connectivity index (χ2n) is 6.08.